The molecule has 22 heteroatoms. The van der Waals surface area contributed by atoms with Gasteiger partial charge in [0.1, 0.15) is 42.8 Å². The molecule has 0 aliphatic rings. The van der Waals surface area contributed by atoms with Crippen molar-refractivity contribution in [3.63, 3.8) is 0 Å². The van der Waals surface area contributed by atoms with Crippen molar-refractivity contribution in [2.75, 3.05) is 49.9 Å². The smallest absolute Gasteiger partial charge is 0.412 e. The number of pyridine rings is 2. The van der Waals surface area contributed by atoms with E-state index in [2.05, 4.69) is 20.6 Å². The number of fused-ring (bicyclic) bond motifs is 2. The molecule has 2 heterocycles. The Morgan fingerprint density at radius 1 is 0.658 bits per heavy atom. The fraction of sp³-hybridized carbons (Fsp3) is 0.314. The molecule has 0 saturated carbocycles. The number of carbonyl (C=O) groups is 5. The van der Waals surface area contributed by atoms with Crippen LogP contribution in [0.15, 0.2) is 109 Å². The van der Waals surface area contributed by atoms with Gasteiger partial charge in [-0.2, -0.15) is 27.0 Å². The molecular formula is C51H58Cl4F2N6O8S2. The second kappa shape index (κ2) is 34.1. The van der Waals surface area contributed by atoms with Crippen molar-refractivity contribution in [3.05, 3.63) is 142 Å². The zero-order valence-electron chi connectivity index (χ0n) is 40.0. The van der Waals surface area contributed by atoms with Gasteiger partial charge in [0.05, 0.1) is 27.5 Å². The Balaban J connectivity index is 0.000000462. The standard InChI is InChI=1S/C25H27ClFN3O4.C25H25ClFN3O4.CH2Cl2.2H2S/c2*1-30(23(32)12-11-17-8-4-10-21(27)24(17)26)20(9-5-13-31)16-34-25(33)29-22-14-18-6-2-3-7-19(18)15-28-22;2-1-3;;/h2-4,6-8,10,14-15,20,31H,5,9,11-13,16H2,1H3,(H,28,29,33);2-4,6-8,10,13-15,20H,5,9,11-12,16H2,1H3,(H,28,29,33);1H2;2*1H2/t2*20-;;;/m00.../s1. The van der Waals surface area contributed by atoms with E-state index in [4.69, 9.17) is 55.9 Å². The van der Waals surface area contributed by atoms with Crippen LogP contribution in [0.1, 0.15) is 49.7 Å². The van der Waals surface area contributed by atoms with E-state index < -0.39 is 35.9 Å². The molecular weight excluding hydrogens is 1070 g/mol. The monoisotopic (exact) mass is 1120 g/mol. The molecule has 2 atom stereocenters. The second-order valence-corrected chi connectivity index (χ2v) is 17.3. The number of nitrogens with one attached hydrogen (secondary N) is 2. The maximum atomic E-state index is 13.6. The zero-order chi connectivity index (χ0) is 51.7. The highest BCUT2D eigenvalue weighted by atomic mass is 35.5. The molecule has 14 nitrogen and oxygen atoms in total. The van der Waals surface area contributed by atoms with E-state index in [-0.39, 0.29) is 106 Å². The summed E-state index contributed by atoms with van der Waals surface area (Å²) in [6.45, 7) is -0.205. The summed E-state index contributed by atoms with van der Waals surface area (Å²) < 4.78 is 37.9. The first-order valence-electron chi connectivity index (χ1n) is 22.3. The molecule has 0 saturated heterocycles. The molecule has 0 spiro atoms. The fourth-order valence-electron chi connectivity index (χ4n) is 7.02. The van der Waals surface area contributed by atoms with Crippen LogP contribution in [0.25, 0.3) is 21.5 Å². The molecule has 6 aromatic rings. The van der Waals surface area contributed by atoms with Crippen LogP contribution in [0.5, 0.6) is 0 Å². The van der Waals surface area contributed by atoms with Crippen LogP contribution in [-0.4, -0.2) is 107 Å². The van der Waals surface area contributed by atoms with Crippen molar-refractivity contribution < 1.29 is 47.3 Å². The average Bonchev–Trinajstić information content (AvgIpc) is 3.37. The lowest BCUT2D eigenvalue weighted by atomic mass is 10.1. The summed E-state index contributed by atoms with van der Waals surface area (Å²) in [5.74, 6) is -0.818. The maximum absolute atomic E-state index is 13.6. The van der Waals surface area contributed by atoms with Gasteiger partial charge in [0.25, 0.3) is 0 Å². The van der Waals surface area contributed by atoms with E-state index in [1.807, 2.05) is 48.5 Å². The van der Waals surface area contributed by atoms with Crippen LogP contribution in [0, 0.1) is 11.6 Å². The molecule has 0 fully saturated rings. The molecule has 394 valence electrons. The number of halogens is 6. The van der Waals surface area contributed by atoms with Gasteiger partial charge in [0.15, 0.2) is 0 Å². The number of anilines is 2. The molecule has 0 unspecified atom stereocenters. The Kier molecular flexibility index (Phi) is 29.7. The van der Waals surface area contributed by atoms with Gasteiger partial charge in [0.2, 0.25) is 11.8 Å². The van der Waals surface area contributed by atoms with Crippen LogP contribution in [0.2, 0.25) is 10.0 Å². The van der Waals surface area contributed by atoms with E-state index in [1.54, 1.807) is 56.8 Å². The van der Waals surface area contributed by atoms with Crippen molar-refractivity contribution in [3.8, 4) is 0 Å². The summed E-state index contributed by atoms with van der Waals surface area (Å²) in [5.41, 5.74) is 1.08. The molecule has 4 aromatic carbocycles. The van der Waals surface area contributed by atoms with Gasteiger partial charge in [-0.05, 0) is 78.3 Å². The van der Waals surface area contributed by atoms with Gasteiger partial charge in [-0.15, -0.1) is 23.2 Å². The molecule has 0 aliphatic carbocycles. The SMILES string of the molecule is CN(C(=O)CCc1cccc(F)c1Cl)[C@@H](CCC=O)COC(=O)Nc1cc2ccccc2cn1.CN(C(=O)CCc1cccc(F)c1Cl)[C@@H](CCCO)COC(=O)Nc1cc2ccccc2cn1.ClCCl.S.S. The summed E-state index contributed by atoms with van der Waals surface area (Å²) in [6.07, 6.45) is 4.80. The summed E-state index contributed by atoms with van der Waals surface area (Å²) >= 11 is 21.5. The number of carbonyl (C=O) groups excluding carboxylic acids is 5. The lowest BCUT2D eigenvalue weighted by Gasteiger charge is -2.28. The average molecular weight is 1130 g/mol. The molecule has 0 radical (unpaired) electrons. The van der Waals surface area contributed by atoms with Gasteiger partial charge in [-0.1, -0.05) is 96.0 Å². The summed E-state index contributed by atoms with van der Waals surface area (Å²) in [4.78, 5) is 72.3. The number of nitrogens with zero attached hydrogens (tertiary/aromatic N) is 4. The largest absolute Gasteiger partial charge is 0.447 e. The Bertz CT molecular complexity index is 2720. The van der Waals surface area contributed by atoms with Gasteiger partial charge >= 0.3 is 12.2 Å². The number of amides is 4. The first-order valence-corrected chi connectivity index (χ1v) is 24.1. The number of ether oxygens (including phenoxy) is 2. The number of alkyl halides is 2. The normalized spacial score (nSPS) is 11.1. The number of aldehydes is 1. The number of aromatic nitrogens is 2. The van der Waals surface area contributed by atoms with Crippen molar-refractivity contribution in [2.45, 2.75) is 63.5 Å². The van der Waals surface area contributed by atoms with Crippen molar-refractivity contribution in [1.29, 1.82) is 0 Å². The van der Waals surface area contributed by atoms with Crippen LogP contribution >= 0.6 is 73.4 Å². The highest BCUT2D eigenvalue weighted by Gasteiger charge is 2.24. The molecule has 2 aromatic heterocycles. The van der Waals surface area contributed by atoms with Gasteiger partial charge < -0.3 is 29.2 Å². The quantitative estimate of drug-likeness (QED) is 0.0492. The molecule has 73 heavy (non-hydrogen) atoms. The first-order chi connectivity index (χ1) is 34.2. The number of hydrogen-bond donors (Lipinski definition) is 3. The Labute approximate surface area is 456 Å². The lowest BCUT2D eigenvalue weighted by Crippen LogP contribution is -2.41. The number of rotatable bonds is 20. The lowest BCUT2D eigenvalue weighted by molar-refractivity contribution is -0.133. The number of benzene rings is 4. The van der Waals surface area contributed by atoms with Crippen LogP contribution < -0.4 is 10.6 Å². The minimum Gasteiger partial charge on any atom is -0.447 e. The number of hydrogen-bond acceptors (Lipinski definition) is 10. The van der Waals surface area contributed by atoms with Crippen molar-refractivity contribution in [2.24, 2.45) is 0 Å². The van der Waals surface area contributed by atoms with Crippen molar-refractivity contribution in [1.82, 2.24) is 19.8 Å². The molecule has 0 bridgehead atoms. The van der Waals surface area contributed by atoms with Crippen LogP contribution in [0.3, 0.4) is 0 Å². The number of aryl methyl sites for hydroxylation is 2. The van der Waals surface area contributed by atoms with Crippen LogP contribution in [0.4, 0.5) is 30.0 Å². The van der Waals surface area contributed by atoms with Gasteiger partial charge in [-0.3, -0.25) is 20.2 Å². The Hall–Kier alpha value is -5.47. The fourth-order valence-corrected chi connectivity index (χ4v) is 7.46. The minimum atomic E-state index is -0.716. The predicted molar refractivity (Wildman–Crippen MR) is 295 cm³/mol. The molecule has 6 rings (SSSR count). The van der Waals surface area contributed by atoms with Crippen LogP contribution in [-0.2, 0) is 36.7 Å². The third kappa shape index (κ3) is 21.1. The second-order valence-electron chi connectivity index (χ2n) is 15.7. The Morgan fingerprint density at radius 2 is 1.05 bits per heavy atom. The number of aliphatic hydroxyl groups excluding tert-OH is 1. The van der Waals surface area contributed by atoms with E-state index in [0.717, 1.165) is 27.8 Å². The highest BCUT2D eigenvalue weighted by molar-refractivity contribution is 7.59. The predicted octanol–water partition coefficient (Wildman–Crippen LogP) is 11.5. The molecule has 3 N–H and O–H groups in total. The van der Waals surface area contributed by atoms with E-state index in [0.29, 0.717) is 42.0 Å². The van der Waals surface area contributed by atoms with E-state index in [9.17, 15) is 37.9 Å². The molecule has 0 aliphatic heterocycles. The third-order valence-electron chi connectivity index (χ3n) is 11.0. The summed E-state index contributed by atoms with van der Waals surface area (Å²) in [7, 11) is 3.20. The highest BCUT2D eigenvalue weighted by Crippen LogP contribution is 2.24. The zero-order valence-corrected chi connectivity index (χ0v) is 45.0. The minimum absolute atomic E-state index is 0. The van der Waals surface area contributed by atoms with E-state index in [1.165, 1.54) is 28.0 Å². The number of aliphatic hydroxyl groups is 1. The summed E-state index contributed by atoms with van der Waals surface area (Å²) in [6, 6.07) is 26.7. The van der Waals surface area contributed by atoms with Crippen molar-refractivity contribution >= 4 is 137 Å². The first kappa shape index (κ1) is 63.6. The summed E-state index contributed by atoms with van der Waals surface area (Å²) in [5, 5.41) is 18.3. The van der Waals surface area contributed by atoms with Gasteiger partial charge in [-0.25, -0.2) is 28.3 Å². The maximum Gasteiger partial charge on any atom is 0.412 e. The third-order valence-corrected chi connectivity index (χ3v) is 11.9. The van der Waals surface area contributed by atoms with Gasteiger partial charge in [0, 0.05) is 63.1 Å². The van der Waals surface area contributed by atoms with E-state index >= 15 is 0 Å². The Morgan fingerprint density at radius 3 is 1.45 bits per heavy atom. The number of likely N-dealkylation sites (N-methyl/N-ethyl adjacent to an activating group) is 2. The molecule has 4 amide bonds. The topological polar surface area (TPSA) is 180 Å².